The van der Waals surface area contributed by atoms with E-state index in [0.717, 1.165) is 33.5 Å². The Morgan fingerprint density at radius 1 is 1.06 bits per heavy atom. The van der Waals surface area contributed by atoms with E-state index in [4.69, 9.17) is 4.98 Å². The fraction of sp³-hybridized carbons (Fsp3) is 0.115. The van der Waals surface area contributed by atoms with E-state index < -0.39 is 5.97 Å². The third-order valence-electron chi connectivity index (χ3n) is 5.75. The van der Waals surface area contributed by atoms with E-state index in [2.05, 4.69) is 38.8 Å². The van der Waals surface area contributed by atoms with Crippen molar-refractivity contribution in [1.29, 1.82) is 0 Å². The SMILES string of the molecule is CCc1cc(-c2nc3ccc(C(c4ccccc4)n4ccnc4)cc3[nH]2)ccc1C(=O)O. The summed E-state index contributed by atoms with van der Waals surface area (Å²) >= 11 is 0. The molecule has 32 heavy (non-hydrogen) atoms. The summed E-state index contributed by atoms with van der Waals surface area (Å²) in [5, 5.41) is 9.40. The molecule has 0 spiro atoms. The molecule has 2 N–H and O–H groups in total. The number of rotatable bonds is 6. The van der Waals surface area contributed by atoms with Crippen LogP contribution < -0.4 is 0 Å². The van der Waals surface area contributed by atoms with Gasteiger partial charge in [0.25, 0.3) is 0 Å². The zero-order valence-corrected chi connectivity index (χ0v) is 17.6. The van der Waals surface area contributed by atoms with E-state index in [-0.39, 0.29) is 6.04 Å². The molecule has 2 heterocycles. The van der Waals surface area contributed by atoms with Gasteiger partial charge < -0.3 is 14.7 Å². The molecule has 0 aliphatic rings. The minimum Gasteiger partial charge on any atom is -0.478 e. The van der Waals surface area contributed by atoms with Crippen molar-refractivity contribution in [3.05, 3.63) is 108 Å². The molecular formula is C26H22N4O2. The van der Waals surface area contributed by atoms with Gasteiger partial charge in [0, 0.05) is 18.0 Å². The molecule has 3 aromatic carbocycles. The van der Waals surface area contributed by atoms with E-state index in [1.165, 1.54) is 5.56 Å². The molecule has 0 saturated heterocycles. The second kappa shape index (κ2) is 8.15. The van der Waals surface area contributed by atoms with Crippen LogP contribution in [-0.4, -0.2) is 30.6 Å². The number of benzene rings is 3. The van der Waals surface area contributed by atoms with Gasteiger partial charge in [-0.15, -0.1) is 0 Å². The summed E-state index contributed by atoms with van der Waals surface area (Å²) in [5.74, 6) is -0.184. The highest BCUT2D eigenvalue weighted by molar-refractivity contribution is 5.90. The van der Waals surface area contributed by atoms with Gasteiger partial charge in [-0.3, -0.25) is 0 Å². The minimum atomic E-state index is -0.908. The molecule has 6 heteroatoms. The smallest absolute Gasteiger partial charge is 0.335 e. The van der Waals surface area contributed by atoms with E-state index in [9.17, 15) is 9.90 Å². The maximum absolute atomic E-state index is 11.5. The van der Waals surface area contributed by atoms with Crippen molar-refractivity contribution in [1.82, 2.24) is 19.5 Å². The molecule has 158 valence electrons. The predicted octanol–water partition coefficient (Wildman–Crippen LogP) is 5.32. The summed E-state index contributed by atoms with van der Waals surface area (Å²) in [6, 6.07) is 21.9. The molecule has 0 aliphatic heterocycles. The van der Waals surface area contributed by atoms with Crippen molar-refractivity contribution in [2.45, 2.75) is 19.4 Å². The van der Waals surface area contributed by atoms with Crippen LogP contribution in [0.15, 0.2) is 85.5 Å². The highest BCUT2D eigenvalue weighted by atomic mass is 16.4. The topological polar surface area (TPSA) is 83.8 Å². The Hall–Kier alpha value is -4.19. The number of aryl methyl sites for hydroxylation is 1. The molecule has 2 aromatic heterocycles. The van der Waals surface area contributed by atoms with Gasteiger partial charge in [0.2, 0.25) is 0 Å². The number of imidazole rings is 2. The van der Waals surface area contributed by atoms with Crippen LogP contribution in [0, 0.1) is 0 Å². The van der Waals surface area contributed by atoms with Crippen LogP contribution in [-0.2, 0) is 6.42 Å². The first-order valence-electron chi connectivity index (χ1n) is 10.5. The lowest BCUT2D eigenvalue weighted by atomic mass is 9.98. The first kappa shape index (κ1) is 19.8. The van der Waals surface area contributed by atoms with Crippen molar-refractivity contribution in [3.63, 3.8) is 0 Å². The zero-order valence-electron chi connectivity index (χ0n) is 17.6. The summed E-state index contributed by atoms with van der Waals surface area (Å²) in [5.41, 5.74) is 6.08. The summed E-state index contributed by atoms with van der Waals surface area (Å²) in [6.07, 6.45) is 6.23. The number of carboxylic acid groups (broad SMARTS) is 1. The molecule has 5 rings (SSSR count). The van der Waals surface area contributed by atoms with Crippen LogP contribution in [0.4, 0.5) is 0 Å². The van der Waals surface area contributed by atoms with E-state index in [1.54, 1.807) is 18.3 Å². The molecule has 1 atom stereocenters. The number of aromatic carboxylic acids is 1. The Labute approximate surface area is 185 Å². The molecule has 0 fully saturated rings. The lowest BCUT2D eigenvalue weighted by Crippen LogP contribution is -2.10. The normalized spacial score (nSPS) is 12.2. The Kier molecular flexibility index (Phi) is 5.03. The molecule has 0 bridgehead atoms. The number of carbonyl (C=O) groups is 1. The standard InChI is InChI=1S/C26H22N4O2/c1-2-17-14-20(8-10-21(17)26(31)32)25-28-22-11-9-19(15-23(22)29-25)24(30-13-12-27-16-30)18-6-4-3-5-7-18/h3-16,24H,2H2,1H3,(H,28,29)(H,31,32). The van der Waals surface area contributed by atoms with Crippen molar-refractivity contribution >= 4 is 17.0 Å². The zero-order chi connectivity index (χ0) is 22.1. The molecule has 5 aromatic rings. The number of aromatic nitrogens is 4. The minimum absolute atomic E-state index is 0.00334. The third kappa shape index (κ3) is 3.56. The first-order chi connectivity index (χ1) is 15.6. The first-order valence-corrected chi connectivity index (χ1v) is 10.5. The van der Waals surface area contributed by atoms with E-state index >= 15 is 0 Å². The molecule has 0 aliphatic carbocycles. The monoisotopic (exact) mass is 422 g/mol. The Balaban J connectivity index is 1.58. The number of aromatic amines is 1. The van der Waals surface area contributed by atoms with Crippen LogP contribution in [0.5, 0.6) is 0 Å². The highest BCUT2D eigenvalue weighted by Crippen LogP contribution is 2.30. The van der Waals surface area contributed by atoms with Crippen molar-refractivity contribution in [2.75, 3.05) is 0 Å². The van der Waals surface area contributed by atoms with E-state index in [0.29, 0.717) is 12.0 Å². The third-order valence-corrected chi connectivity index (χ3v) is 5.75. The molecule has 1 unspecified atom stereocenters. The molecule has 0 radical (unpaired) electrons. The summed E-state index contributed by atoms with van der Waals surface area (Å²) in [6.45, 7) is 1.95. The quantitative estimate of drug-likeness (QED) is 0.388. The van der Waals surface area contributed by atoms with E-state index in [1.807, 2.05) is 49.8 Å². The lowest BCUT2D eigenvalue weighted by Gasteiger charge is -2.19. The number of hydrogen-bond acceptors (Lipinski definition) is 3. The van der Waals surface area contributed by atoms with Crippen LogP contribution >= 0.6 is 0 Å². The molecular weight excluding hydrogens is 400 g/mol. The fourth-order valence-corrected chi connectivity index (χ4v) is 4.17. The van der Waals surface area contributed by atoms with Crippen LogP contribution in [0.2, 0.25) is 0 Å². The Bertz CT molecular complexity index is 1390. The largest absolute Gasteiger partial charge is 0.478 e. The van der Waals surface area contributed by atoms with Gasteiger partial charge in [-0.2, -0.15) is 0 Å². The van der Waals surface area contributed by atoms with Crippen LogP contribution in [0.25, 0.3) is 22.4 Å². The van der Waals surface area contributed by atoms with Crippen LogP contribution in [0.3, 0.4) is 0 Å². The molecule has 6 nitrogen and oxygen atoms in total. The maximum Gasteiger partial charge on any atom is 0.335 e. The number of hydrogen-bond donors (Lipinski definition) is 2. The summed E-state index contributed by atoms with van der Waals surface area (Å²) in [4.78, 5) is 23.9. The Morgan fingerprint density at radius 3 is 2.62 bits per heavy atom. The average molecular weight is 422 g/mol. The van der Waals surface area contributed by atoms with Gasteiger partial charge in [-0.25, -0.2) is 14.8 Å². The Morgan fingerprint density at radius 2 is 1.91 bits per heavy atom. The van der Waals surface area contributed by atoms with Crippen molar-refractivity contribution in [2.24, 2.45) is 0 Å². The molecule has 0 saturated carbocycles. The predicted molar refractivity (Wildman–Crippen MR) is 124 cm³/mol. The number of carboxylic acids is 1. The second-order valence-corrected chi connectivity index (χ2v) is 7.72. The summed E-state index contributed by atoms with van der Waals surface area (Å²) < 4.78 is 2.09. The number of fused-ring (bicyclic) bond motifs is 1. The molecule has 0 amide bonds. The average Bonchev–Trinajstić information content (AvgIpc) is 3.49. The van der Waals surface area contributed by atoms with Crippen molar-refractivity contribution in [3.8, 4) is 11.4 Å². The van der Waals surface area contributed by atoms with Gasteiger partial charge in [0.15, 0.2) is 0 Å². The van der Waals surface area contributed by atoms with Crippen LogP contribution in [0.1, 0.15) is 40.0 Å². The number of H-pyrrole nitrogens is 1. The number of nitrogens with zero attached hydrogens (tertiary/aromatic N) is 3. The fourth-order valence-electron chi connectivity index (χ4n) is 4.17. The van der Waals surface area contributed by atoms with Gasteiger partial charge in [0.1, 0.15) is 5.82 Å². The van der Waals surface area contributed by atoms with Crippen molar-refractivity contribution < 1.29 is 9.90 Å². The van der Waals surface area contributed by atoms with Gasteiger partial charge >= 0.3 is 5.97 Å². The van der Waals surface area contributed by atoms with Gasteiger partial charge in [-0.05, 0) is 47.4 Å². The summed E-state index contributed by atoms with van der Waals surface area (Å²) in [7, 11) is 0. The maximum atomic E-state index is 11.5. The lowest BCUT2D eigenvalue weighted by molar-refractivity contribution is 0.0695. The highest BCUT2D eigenvalue weighted by Gasteiger charge is 2.18. The van der Waals surface area contributed by atoms with Gasteiger partial charge in [-0.1, -0.05) is 49.4 Å². The van der Waals surface area contributed by atoms with Gasteiger partial charge in [0.05, 0.1) is 29.0 Å². The second-order valence-electron chi connectivity index (χ2n) is 7.72. The number of nitrogens with one attached hydrogen (secondary N) is 1.